The molecule has 8 heteroatoms. The van der Waals surface area contributed by atoms with Gasteiger partial charge in [-0.3, -0.25) is 4.90 Å². The number of anilines is 1. The molecule has 1 heterocycles. The Bertz CT molecular complexity index is 788. The smallest absolute Gasteiger partial charge is 0.416 e. The SMILES string of the molecule is Oc1cccc(CN2CCN(C(=S)Nc3ccc(C(F)(F)F)cc3)CC2)c1. The number of rotatable bonds is 3. The Labute approximate surface area is 161 Å². The van der Waals surface area contributed by atoms with E-state index in [2.05, 4.69) is 10.2 Å². The number of nitrogens with zero attached hydrogens (tertiary/aromatic N) is 2. The molecule has 0 spiro atoms. The summed E-state index contributed by atoms with van der Waals surface area (Å²) in [4.78, 5) is 4.28. The highest BCUT2D eigenvalue weighted by Crippen LogP contribution is 2.29. The van der Waals surface area contributed by atoms with Crippen molar-refractivity contribution in [3.8, 4) is 5.75 Å². The first-order chi connectivity index (χ1) is 12.8. The van der Waals surface area contributed by atoms with E-state index in [4.69, 9.17) is 12.2 Å². The Kier molecular flexibility index (Phi) is 5.86. The molecule has 0 aromatic heterocycles. The van der Waals surface area contributed by atoms with Crippen LogP contribution >= 0.6 is 12.2 Å². The number of hydrogen-bond acceptors (Lipinski definition) is 3. The van der Waals surface area contributed by atoms with Crippen molar-refractivity contribution in [2.45, 2.75) is 12.7 Å². The molecule has 4 nitrogen and oxygen atoms in total. The van der Waals surface area contributed by atoms with Crippen LogP contribution in [0.25, 0.3) is 0 Å². The van der Waals surface area contributed by atoms with Crippen molar-refractivity contribution in [1.29, 1.82) is 0 Å². The zero-order valence-electron chi connectivity index (χ0n) is 14.5. The van der Waals surface area contributed by atoms with Gasteiger partial charge in [-0.25, -0.2) is 0 Å². The zero-order valence-corrected chi connectivity index (χ0v) is 15.4. The number of benzene rings is 2. The van der Waals surface area contributed by atoms with E-state index in [0.717, 1.165) is 50.4 Å². The first-order valence-electron chi connectivity index (χ1n) is 8.55. The lowest BCUT2D eigenvalue weighted by molar-refractivity contribution is -0.137. The number of thiocarbonyl (C=S) groups is 1. The van der Waals surface area contributed by atoms with E-state index in [0.29, 0.717) is 10.8 Å². The van der Waals surface area contributed by atoms with Crippen molar-refractivity contribution in [3.63, 3.8) is 0 Å². The second-order valence-corrected chi connectivity index (χ2v) is 6.83. The maximum atomic E-state index is 12.6. The molecule has 144 valence electrons. The van der Waals surface area contributed by atoms with Crippen LogP contribution < -0.4 is 5.32 Å². The van der Waals surface area contributed by atoms with Crippen LogP contribution in [0.3, 0.4) is 0 Å². The van der Waals surface area contributed by atoms with Crippen LogP contribution in [0.1, 0.15) is 11.1 Å². The van der Waals surface area contributed by atoms with Gasteiger partial charge < -0.3 is 15.3 Å². The summed E-state index contributed by atoms with van der Waals surface area (Å²) in [5.41, 5.74) is 0.906. The largest absolute Gasteiger partial charge is 0.508 e. The van der Waals surface area contributed by atoms with Gasteiger partial charge in [0.1, 0.15) is 5.75 Å². The number of piperazine rings is 1. The fourth-order valence-electron chi connectivity index (χ4n) is 2.97. The number of phenols is 1. The molecule has 0 bridgehead atoms. The van der Waals surface area contributed by atoms with Gasteiger partial charge >= 0.3 is 6.18 Å². The molecule has 0 unspecified atom stereocenters. The molecule has 0 radical (unpaired) electrons. The molecule has 1 fully saturated rings. The summed E-state index contributed by atoms with van der Waals surface area (Å²) < 4.78 is 37.8. The summed E-state index contributed by atoms with van der Waals surface area (Å²) in [6.45, 7) is 3.83. The van der Waals surface area contributed by atoms with E-state index in [9.17, 15) is 18.3 Å². The van der Waals surface area contributed by atoms with Gasteiger partial charge in [0.05, 0.1) is 5.56 Å². The Balaban J connectivity index is 1.49. The number of phenolic OH excluding ortho intramolecular Hbond substituents is 1. The molecule has 2 aromatic carbocycles. The van der Waals surface area contributed by atoms with E-state index in [1.165, 1.54) is 12.1 Å². The van der Waals surface area contributed by atoms with Gasteiger partial charge in [-0.2, -0.15) is 13.2 Å². The normalized spacial score (nSPS) is 15.6. The lowest BCUT2D eigenvalue weighted by Crippen LogP contribution is -2.49. The lowest BCUT2D eigenvalue weighted by Gasteiger charge is -2.36. The highest BCUT2D eigenvalue weighted by molar-refractivity contribution is 7.80. The summed E-state index contributed by atoms with van der Waals surface area (Å²) in [6.07, 6.45) is -4.34. The van der Waals surface area contributed by atoms with Crippen LogP contribution in [0.5, 0.6) is 5.75 Å². The molecular formula is C19H20F3N3OS. The summed E-state index contributed by atoms with van der Waals surface area (Å²) in [5.74, 6) is 0.257. The fourth-order valence-corrected chi connectivity index (χ4v) is 3.27. The second kappa shape index (κ2) is 8.14. The number of alkyl halides is 3. The zero-order chi connectivity index (χ0) is 19.4. The van der Waals surface area contributed by atoms with Crippen molar-refractivity contribution in [2.24, 2.45) is 0 Å². The lowest BCUT2D eigenvalue weighted by atomic mass is 10.2. The third kappa shape index (κ3) is 5.33. The summed E-state index contributed by atoms with van der Waals surface area (Å²) in [7, 11) is 0. The van der Waals surface area contributed by atoms with Gasteiger partial charge in [0.2, 0.25) is 0 Å². The maximum Gasteiger partial charge on any atom is 0.416 e. The van der Waals surface area contributed by atoms with Gasteiger partial charge in [0.15, 0.2) is 5.11 Å². The van der Waals surface area contributed by atoms with Gasteiger partial charge in [0.25, 0.3) is 0 Å². The van der Waals surface area contributed by atoms with Crippen molar-refractivity contribution in [3.05, 3.63) is 59.7 Å². The minimum atomic E-state index is -4.34. The molecule has 2 aromatic rings. The van der Waals surface area contributed by atoms with Crippen molar-refractivity contribution in [1.82, 2.24) is 9.80 Å². The minimum Gasteiger partial charge on any atom is -0.508 e. The van der Waals surface area contributed by atoms with Gasteiger partial charge in [-0.05, 0) is 54.2 Å². The van der Waals surface area contributed by atoms with E-state index in [-0.39, 0.29) is 5.75 Å². The highest BCUT2D eigenvalue weighted by atomic mass is 32.1. The van der Waals surface area contributed by atoms with Crippen LogP contribution in [0.4, 0.5) is 18.9 Å². The van der Waals surface area contributed by atoms with Crippen LogP contribution in [-0.4, -0.2) is 46.2 Å². The van der Waals surface area contributed by atoms with E-state index in [1.54, 1.807) is 12.1 Å². The third-order valence-corrected chi connectivity index (χ3v) is 4.80. The number of halogens is 3. The Hall–Kier alpha value is -2.32. The summed E-state index contributed by atoms with van der Waals surface area (Å²) in [5, 5.41) is 13.1. The van der Waals surface area contributed by atoms with Crippen LogP contribution in [0.15, 0.2) is 48.5 Å². The van der Waals surface area contributed by atoms with Crippen molar-refractivity contribution < 1.29 is 18.3 Å². The number of nitrogens with one attached hydrogen (secondary N) is 1. The monoisotopic (exact) mass is 395 g/mol. The molecule has 0 aliphatic carbocycles. The van der Waals surface area contributed by atoms with Crippen molar-refractivity contribution >= 4 is 23.0 Å². The summed E-state index contributed by atoms with van der Waals surface area (Å²) >= 11 is 5.39. The predicted octanol–water partition coefficient (Wildman–Crippen LogP) is 3.93. The Morgan fingerprint density at radius 1 is 1.04 bits per heavy atom. The van der Waals surface area contributed by atoms with Crippen LogP contribution in [0.2, 0.25) is 0 Å². The predicted molar refractivity (Wildman–Crippen MR) is 103 cm³/mol. The number of aromatic hydroxyl groups is 1. The molecule has 1 saturated heterocycles. The first-order valence-corrected chi connectivity index (χ1v) is 8.95. The molecule has 27 heavy (non-hydrogen) atoms. The van der Waals surface area contributed by atoms with Gasteiger partial charge in [-0.1, -0.05) is 12.1 Å². The van der Waals surface area contributed by atoms with Crippen LogP contribution in [-0.2, 0) is 12.7 Å². The number of hydrogen-bond donors (Lipinski definition) is 2. The fraction of sp³-hybridized carbons (Fsp3) is 0.316. The van der Waals surface area contributed by atoms with E-state index >= 15 is 0 Å². The topological polar surface area (TPSA) is 38.7 Å². The minimum absolute atomic E-state index is 0.257. The molecule has 0 atom stereocenters. The quantitative estimate of drug-likeness (QED) is 0.771. The second-order valence-electron chi connectivity index (χ2n) is 6.44. The van der Waals surface area contributed by atoms with E-state index in [1.807, 2.05) is 17.0 Å². The molecule has 0 amide bonds. The average molecular weight is 395 g/mol. The van der Waals surface area contributed by atoms with Crippen molar-refractivity contribution in [2.75, 3.05) is 31.5 Å². The Morgan fingerprint density at radius 2 is 1.70 bits per heavy atom. The maximum absolute atomic E-state index is 12.6. The summed E-state index contributed by atoms with van der Waals surface area (Å²) in [6, 6.07) is 12.0. The van der Waals surface area contributed by atoms with E-state index < -0.39 is 11.7 Å². The first kappa shape index (κ1) is 19.4. The van der Waals surface area contributed by atoms with Gasteiger partial charge in [0, 0.05) is 38.4 Å². The molecule has 1 aliphatic rings. The molecule has 1 aliphatic heterocycles. The molecular weight excluding hydrogens is 375 g/mol. The van der Waals surface area contributed by atoms with Crippen LogP contribution in [0, 0.1) is 0 Å². The highest BCUT2D eigenvalue weighted by Gasteiger charge is 2.30. The third-order valence-electron chi connectivity index (χ3n) is 4.44. The Morgan fingerprint density at radius 3 is 2.30 bits per heavy atom. The molecule has 0 saturated carbocycles. The average Bonchev–Trinajstić information content (AvgIpc) is 2.62. The van der Waals surface area contributed by atoms with Gasteiger partial charge in [-0.15, -0.1) is 0 Å². The standard InChI is InChI=1S/C19H20F3N3OS/c20-19(21,22)15-4-6-16(7-5-15)23-18(27)25-10-8-24(9-11-25)13-14-2-1-3-17(26)12-14/h1-7,12,26H,8-11,13H2,(H,23,27). The molecule has 3 rings (SSSR count). The molecule has 2 N–H and O–H groups in total.